The van der Waals surface area contributed by atoms with Crippen LogP contribution in [0.3, 0.4) is 0 Å². The van der Waals surface area contributed by atoms with Crippen molar-refractivity contribution in [1.82, 2.24) is 14.7 Å². The number of rotatable bonds is 10. The van der Waals surface area contributed by atoms with Gasteiger partial charge >= 0.3 is 0 Å². The van der Waals surface area contributed by atoms with Gasteiger partial charge in [0.2, 0.25) is 11.8 Å². The van der Waals surface area contributed by atoms with E-state index in [1.165, 1.54) is 60.4 Å². The van der Waals surface area contributed by atoms with Gasteiger partial charge in [0.1, 0.15) is 17.0 Å². The van der Waals surface area contributed by atoms with Crippen molar-refractivity contribution >= 4 is 38.3 Å². The summed E-state index contributed by atoms with van der Waals surface area (Å²) in [5.74, 6) is 0.309. The van der Waals surface area contributed by atoms with E-state index in [2.05, 4.69) is 19.4 Å². The Morgan fingerprint density at radius 2 is 1.91 bits per heavy atom. The molecule has 0 aliphatic heterocycles. The Labute approximate surface area is 205 Å². The Bertz CT molecular complexity index is 1500. The fourth-order valence-corrected chi connectivity index (χ4v) is 4.56. The quantitative estimate of drug-likeness (QED) is 0.312. The van der Waals surface area contributed by atoms with Gasteiger partial charge in [0, 0.05) is 37.7 Å². The Morgan fingerprint density at radius 3 is 2.63 bits per heavy atom. The van der Waals surface area contributed by atoms with E-state index in [9.17, 15) is 13.2 Å². The summed E-state index contributed by atoms with van der Waals surface area (Å²) in [5, 5.41) is 4.21. The van der Waals surface area contributed by atoms with E-state index < -0.39 is 15.6 Å². The summed E-state index contributed by atoms with van der Waals surface area (Å²) in [6.45, 7) is 0.848. The fourth-order valence-electron chi connectivity index (χ4n) is 3.33. The van der Waals surface area contributed by atoms with Crippen molar-refractivity contribution in [3.8, 4) is 17.4 Å². The van der Waals surface area contributed by atoms with Gasteiger partial charge in [-0.25, -0.2) is 8.42 Å². The van der Waals surface area contributed by atoms with Gasteiger partial charge < -0.3 is 18.7 Å². The molecule has 35 heavy (non-hydrogen) atoms. The lowest BCUT2D eigenvalue weighted by molar-refractivity contribution is 0.170. The molecule has 4 rings (SSSR count). The first-order chi connectivity index (χ1) is 16.8. The molecule has 1 aromatic carbocycles. The van der Waals surface area contributed by atoms with E-state index in [0.29, 0.717) is 30.5 Å². The number of nitrogens with zero attached hydrogens (tertiary/aromatic N) is 3. The van der Waals surface area contributed by atoms with Crippen LogP contribution in [0, 0.1) is 0 Å². The number of pyridine rings is 2. The van der Waals surface area contributed by atoms with Gasteiger partial charge in [-0.15, -0.1) is 0 Å². The molecule has 0 amide bonds. The Hall–Kier alpha value is -3.61. The van der Waals surface area contributed by atoms with E-state index in [-0.39, 0.29) is 33.2 Å². The number of sulfonamides is 1. The Kier molecular flexibility index (Phi) is 7.24. The zero-order valence-electron chi connectivity index (χ0n) is 18.7. The number of nitrogens with one attached hydrogen (secondary N) is 1. The van der Waals surface area contributed by atoms with Crippen LogP contribution in [0.1, 0.15) is 6.42 Å². The van der Waals surface area contributed by atoms with Crippen molar-refractivity contribution in [3.05, 3.63) is 64.1 Å². The largest absolute Gasteiger partial charge is 0.479 e. The average Bonchev–Trinajstić information content (AvgIpc) is 3.34. The Balaban J connectivity index is 1.76. The molecule has 0 saturated carbocycles. The molecular formula is C22H21ClN4O7S. The van der Waals surface area contributed by atoms with Gasteiger partial charge in [-0.1, -0.05) is 16.8 Å². The highest BCUT2D eigenvalue weighted by Crippen LogP contribution is 2.32. The zero-order valence-corrected chi connectivity index (χ0v) is 20.3. The first-order valence-corrected chi connectivity index (χ1v) is 12.2. The molecule has 1 N–H and O–H groups in total. The van der Waals surface area contributed by atoms with E-state index in [1.54, 1.807) is 7.11 Å². The second-order valence-corrected chi connectivity index (χ2v) is 9.31. The van der Waals surface area contributed by atoms with Crippen LogP contribution in [0.4, 0.5) is 5.82 Å². The van der Waals surface area contributed by atoms with Gasteiger partial charge in [-0.3, -0.25) is 14.1 Å². The first kappa shape index (κ1) is 24.5. The molecule has 0 radical (unpaired) electrons. The normalized spacial score (nSPS) is 11.5. The predicted molar refractivity (Wildman–Crippen MR) is 128 cm³/mol. The molecule has 11 nitrogen and oxygen atoms in total. The summed E-state index contributed by atoms with van der Waals surface area (Å²) in [7, 11) is -0.943. The topological polar surface area (TPSA) is 135 Å². The molecule has 3 heterocycles. The maximum Gasteiger partial charge on any atom is 0.263 e. The first-order valence-electron chi connectivity index (χ1n) is 10.3. The highest BCUT2D eigenvalue weighted by Gasteiger charge is 2.20. The smallest absolute Gasteiger partial charge is 0.263 e. The summed E-state index contributed by atoms with van der Waals surface area (Å²) in [4.78, 5) is 17.2. The van der Waals surface area contributed by atoms with E-state index in [1.807, 2.05) is 0 Å². The molecule has 13 heteroatoms. The number of halogens is 1. The van der Waals surface area contributed by atoms with E-state index in [4.69, 9.17) is 25.8 Å². The highest BCUT2D eigenvalue weighted by molar-refractivity contribution is 7.92. The van der Waals surface area contributed by atoms with Crippen LogP contribution in [-0.2, 0) is 14.8 Å². The lowest BCUT2D eigenvalue weighted by Crippen LogP contribution is -2.19. The molecular weight excluding hydrogens is 500 g/mol. The summed E-state index contributed by atoms with van der Waals surface area (Å²) in [5.41, 5.74) is 0.301. The van der Waals surface area contributed by atoms with Gasteiger partial charge in [0.05, 0.1) is 24.1 Å². The summed E-state index contributed by atoms with van der Waals surface area (Å²) in [6, 6.07) is 10.0. The molecule has 0 aliphatic carbocycles. The van der Waals surface area contributed by atoms with Crippen molar-refractivity contribution < 1.29 is 27.2 Å². The van der Waals surface area contributed by atoms with Crippen molar-refractivity contribution in [3.63, 3.8) is 0 Å². The third-order valence-electron chi connectivity index (χ3n) is 4.91. The molecule has 0 spiro atoms. The maximum atomic E-state index is 12.9. The minimum atomic E-state index is -3.94. The molecule has 184 valence electrons. The highest BCUT2D eigenvalue weighted by atomic mass is 35.5. The number of ether oxygens (including phenoxy) is 3. The third-order valence-corrected chi connectivity index (χ3v) is 6.53. The molecule has 0 fully saturated rings. The monoisotopic (exact) mass is 520 g/mol. The van der Waals surface area contributed by atoms with Crippen molar-refractivity contribution in [2.75, 3.05) is 32.2 Å². The van der Waals surface area contributed by atoms with Crippen molar-refractivity contribution in [2.24, 2.45) is 0 Å². The van der Waals surface area contributed by atoms with Crippen molar-refractivity contribution in [1.29, 1.82) is 0 Å². The fraction of sp³-hybridized carbons (Fsp3) is 0.227. The van der Waals surface area contributed by atoms with Crippen LogP contribution in [-0.4, -0.2) is 50.6 Å². The molecule has 0 saturated heterocycles. The average molecular weight is 521 g/mol. The number of fused-ring (bicyclic) bond motifs is 1. The summed E-state index contributed by atoms with van der Waals surface area (Å²) < 4.78 is 49.8. The lowest BCUT2D eigenvalue weighted by Gasteiger charge is -2.16. The zero-order chi connectivity index (χ0) is 25.0. The molecule has 0 bridgehead atoms. The second-order valence-electron chi connectivity index (χ2n) is 7.22. The van der Waals surface area contributed by atoms with Crippen LogP contribution in [0.15, 0.2) is 62.9 Å². The number of aromatic nitrogens is 3. The number of benzene rings is 1. The van der Waals surface area contributed by atoms with Gasteiger partial charge in [-0.2, -0.15) is 4.98 Å². The van der Waals surface area contributed by atoms with E-state index >= 15 is 0 Å². The standard InChI is InChI=1S/C22H21ClN4O7S/c1-31-9-3-10-33-21-16(23)13-18(22(24-21)32-2)27-17-6-5-15(12-14(17)4-7-20(27)28)35(29,30)26-19-8-11-34-25-19/h4-8,11-13H,3,9-10H2,1-2H3,(H,25,26). The van der Waals surface area contributed by atoms with Crippen molar-refractivity contribution in [2.45, 2.75) is 11.3 Å². The molecule has 4 aromatic rings. The minimum Gasteiger partial charge on any atom is -0.479 e. The van der Waals surface area contributed by atoms with E-state index in [0.717, 1.165) is 0 Å². The number of methoxy groups -OCH3 is 2. The van der Waals surface area contributed by atoms with Crippen LogP contribution in [0.2, 0.25) is 5.02 Å². The van der Waals surface area contributed by atoms with Gasteiger partial charge in [0.25, 0.3) is 15.6 Å². The molecule has 0 atom stereocenters. The van der Waals surface area contributed by atoms with Gasteiger partial charge in [-0.05, 0) is 30.3 Å². The molecule has 0 unspecified atom stereocenters. The number of hydrogen-bond acceptors (Lipinski definition) is 9. The molecule has 3 aromatic heterocycles. The van der Waals surface area contributed by atoms with Crippen LogP contribution in [0.5, 0.6) is 11.8 Å². The summed E-state index contributed by atoms with van der Waals surface area (Å²) >= 11 is 6.39. The minimum absolute atomic E-state index is 0.0267. The third kappa shape index (κ3) is 5.24. The Morgan fingerprint density at radius 1 is 1.09 bits per heavy atom. The maximum absolute atomic E-state index is 12.9. The van der Waals surface area contributed by atoms with Crippen LogP contribution >= 0.6 is 11.6 Å². The summed E-state index contributed by atoms with van der Waals surface area (Å²) in [6.07, 6.45) is 1.89. The predicted octanol–water partition coefficient (Wildman–Crippen LogP) is 3.25. The second kappa shape index (κ2) is 10.3. The lowest BCUT2D eigenvalue weighted by atomic mass is 10.2. The van der Waals surface area contributed by atoms with Gasteiger partial charge in [0.15, 0.2) is 5.82 Å². The van der Waals surface area contributed by atoms with Crippen LogP contribution in [0.25, 0.3) is 16.6 Å². The van der Waals surface area contributed by atoms with Crippen LogP contribution < -0.4 is 19.8 Å². The number of hydrogen-bond donors (Lipinski definition) is 1. The number of anilines is 1. The SMILES string of the molecule is COCCCOc1nc(OC)c(-n2c(=O)ccc3cc(S(=O)(=O)Nc4ccon4)ccc32)cc1Cl. The molecule has 0 aliphatic rings.